The molecule has 0 aromatic carbocycles. The van der Waals surface area contributed by atoms with Crippen molar-refractivity contribution >= 4 is 0 Å². The topological polar surface area (TPSA) is 18.5 Å². The summed E-state index contributed by atoms with van der Waals surface area (Å²) >= 11 is 0. The lowest BCUT2D eigenvalue weighted by Gasteiger charge is -2.37. The molecule has 0 aromatic heterocycles. The SMILES string of the molecule is CC(C)N1CCN(CCC2CCCNC2)CC1. The van der Waals surface area contributed by atoms with Crippen molar-refractivity contribution in [1.82, 2.24) is 15.1 Å². The van der Waals surface area contributed by atoms with Crippen molar-refractivity contribution < 1.29 is 0 Å². The Morgan fingerprint density at radius 2 is 1.94 bits per heavy atom. The van der Waals surface area contributed by atoms with E-state index >= 15 is 0 Å². The normalized spacial score (nSPS) is 28.8. The highest BCUT2D eigenvalue weighted by Gasteiger charge is 2.20. The van der Waals surface area contributed by atoms with Crippen LogP contribution in [0.3, 0.4) is 0 Å². The first-order valence-corrected chi connectivity index (χ1v) is 7.43. The van der Waals surface area contributed by atoms with Crippen LogP contribution in [0, 0.1) is 5.92 Å². The van der Waals surface area contributed by atoms with Gasteiger partial charge in [-0.25, -0.2) is 0 Å². The second kappa shape index (κ2) is 6.72. The Morgan fingerprint density at radius 1 is 1.18 bits per heavy atom. The maximum Gasteiger partial charge on any atom is 0.0113 e. The van der Waals surface area contributed by atoms with Crippen LogP contribution >= 0.6 is 0 Å². The summed E-state index contributed by atoms with van der Waals surface area (Å²) in [6.45, 7) is 13.5. The molecule has 0 spiro atoms. The van der Waals surface area contributed by atoms with Gasteiger partial charge in [-0.15, -0.1) is 0 Å². The van der Waals surface area contributed by atoms with E-state index in [4.69, 9.17) is 0 Å². The molecule has 2 saturated heterocycles. The van der Waals surface area contributed by atoms with E-state index in [-0.39, 0.29) is 0 Å². The van der Waals surface area contributed by atoms with Crippen LogP contribution in [0.2, 0.25) is 0 Å². The van der Waals surface area contributed by atoms with Gasteiger partial charge >= 0.3 is 0 Å². The maximum absolute atomic E-state index is 3.52. The van der Waals surface area contributed by atoms with E-state index in [1.807, 2.05) is 0 Å². The van der Waals surface area contributed by atoms with Crippen LogP contribution in [0.5, 0.6) is 0 Å². The highest BCUT2D eigenvalue weighted by molar-refractivity contribution is 4.76. The molecule has 100 valence electrons. The molecule has 2 aliphatic rings. The number of nitrogens with one attached hydrogen (secondary N) is 1. The fraction of sp³-hybridized carbons (Fsp3) is 1.00. The van der Waals surface area contributed by atoms with Gasteiger partial charge in [-0.2, -0.15) is 0 Å². The summed E-state index contributed by atoms with van der Waals surface area (Å²) in [5.41, 5.74) is 0. The van der Waals surface area contributed by atoms with Crippen LogP contribution in [-0.2, 0) is 0 Å². The third-order valence-corrected chi connectivity index (χ3v) is 4.39. The van der Waals surface area contributed by atoms with E-state index in [2.05, 4.69) is 29.0 Å². The fourth-order valence-electron chi connectivity index (χ4n) is 3.04. The smallest absolute Gasteiger partial charge is 0.0113 e. The number of hydrogen-bond donors (Lipinski definition) is 1. The number of piperidine rings is 1. The van der Waals surface area contributed by atoms with Gasteiger partial charge in [0.05, 0.1) is 0 Å². The fourth-order valence-corrected chi connectivity index (χ4v) is 3.04. The van der Waals surface area contributed by atoms with Gasteiger partial charge in [-0.1, -0.05) is 0 Å². The van der Waals surface area contributed by atoms with Gasteiger partial charge in [-0.3, -0.25) is 4.90 Å². The second-order valence-electron chi connectivity index (χ2n) is 5.97. The first-order chi connectivity index (χ1) is 8.25. The van der Waals surface area contributed by atoms with Crippen molar-refractivity contribution in [2.45, 2.75) is 39.2 Å². The zero-order valence-corrected chi connectivity index (χ0v) is 11.6. The Kier molecular flexibility index (Phi) is 5.26. The summed E-state index contributed by atoms with van der Waals surface area (Å²) in [5, 5.41) is 3.52. The molecule has 1 atom stereocenters. The molecule has 0 aliphatic carbocycles. The second-order valence-corrected chi connectivity index (χ2v) is 5.97. The summed E-state index contributed by atoms with van der Waals surface area (Å²) in [6, 6.07) is 0.722. The molecule has 1 unspecified atom stereocenters. The van der Waals surface area contributed by atoms with Crippen molar-refractivity contribution in [3.8, 4) is 0 Å². The van der Waals surface area contributed by atoms with E-state index in [0.717, 1.165) is 12.0 Å². The summed E-state index contributed by atoms with van der Waals surface area (Å²) in [5.74, 6) is 0.937. The third kappa shape index (κ3) is 4.23. The Morgan fingerprint density at radius 3 is 2.53 bits per heavy atom. The largest absolute Gasteiger partial charge is 0.316 e. The Bertz CT molecular complexity index is 204. The quantitative estimate of drug-likeness (QED) is 0.800. The Balaban J connectivity index is 1.61. The average molecular weight is 239 g/mol. The molecular formula is C14H29N3. The number of hydrogen-bond acceptors (Lipinski definition) is 3. The molecule has 3 nitrogen and oxygen atoms in total. The first-order valence-electron chi connectivity index (χ1n) is 7.43. The van der Waals surface area contributed by atoms with Crippen LogP contribution in [0.4, 0.5) is 0 Å². The highest BCUT2D eigenvalue weighted by atomic mass is 15.3. The summed E-state index contributed by atoms with van der Waals surface area (Å²) in [4.78, 5) is 5.26. The standard InChI is InChI=1S/C14H29N3/c1-13(2)17-10-8-16(9-11-17)7-5-14-4-3-6-15-12-14/h13-15H,3-12H2,1-2H3. The van der Waals surface area contributed by atoms with Crippen LogP contribution < -0.4 is 5.32 Å². The van der Waals surface area contributed by atoms with Crippen molar-refractivity contribution in [3.63, 3.8) is 0 Å². The highest BCUT2D eigenvalue weighted by Crippen LogP contribution is 2.15. The zero-order chi connectivity index (χ0) is 12.1. The molecule has 0 saturated carbocycles. The molecule has 2 heterocycles. The summed E-state index contributed by atoms with van der Waals surface area (Å²) < 4.78 is 0. The molecule has 0 amide bonds. The van der Waals surface area contributed by atoms with Crippen molar-refractivity contribution in [3.05, 3.63) is 0 Å². The lowest BCUT2D eigenvalue weighted by molar-refractivity contribution is 0.103. The van der Waals surface area contributed by atoms with Gasteiger partial charge in [0.2, 0.25) is 0 Å². The Hall–Kier alpha value is -0.120. The van der Waals surface area contributed by atoms with Crippen LogP contribution in [0.25, 0.3) is 0 Å². The minimum absolute atomic E-state index is 0.722. The van der Waals surface area contributed by atoms with Crippen LogP contribution in [-0.4, -0.2) is 61.7 Å². The molecule has 2 rings (SSSR count). The van der Waals surface area contributed by atoms with E-state index in [1.54, 1.807) is 0 Å². The maximum atomic E-state index is 3.52. The molecule has 0 bridgehead atoms. The molecular weight excluding hydrogens is 210 g/mol. The lowest BCUT2D eigenvalue weighted by atomic mass is 9.96. The van der Waals surface area contributed by atoms with Crippen LogP contribution in [0.1, 0.15) is 33.1 Å². The van der Waals surface area contributed by atoms with Crippen molar-refractivity contribution in [1.29, 1.82) is 0 Å². The molecule has 2 fully saturated rings. The van der Waals surface area contributed by atoms with E-state index < -0.39 is 0 Å². The Labute approximate surface area is 107 Å². The first kappa shape index (κ1) is 13.3. The van der Waals surface area contributed by atoms with Gasteiger partial charge in [-0.05, 0) is 58.7 Å². The van der Waals surface area contributed by atoms with Gasteiger partial charge < -0.3 is 10.2 Å². The minimum Gasteiger partial charge on any atom is -0.316 e. The van der Waals surface area contributed by atoms with Gasteiger partial charge in [0, 0.05) is 32.2 Å². The monoisotopic (exact) mass is 239 g/mol. The molecule has 0 aromatic rings. The van der Waals surface area contributed by atoms with E-state index in [9.17, 15) is 0 Å². The molecule has 0 radical (unpaired) electrons. The predicted octanol–water partition coefficient (Wildman–Crippen LogP) is 1.40. The van der Waals surface area contributed by atoms with E-state index in [1.165, 1.54) is 65.1 Å². The van der Waals surface area contributed by atoms with Gasteiger partial charge in [0.25, 0.3) is 0 Å². The number of nitrogens with zero attached hydrogens (tertiary/aromatic N) is 2. The molecule has 1 N–H and O–H groups in total. The summed E-state index contributed by atoms with van der Waals surface area (Å²) in [7, 11) is 0. The molecule has 17 heavy (non-hydrogen) atoms. The van der Waals surface area contributed by atoms with Gasteiger partial charge in [0.1, 0.15) is 0 Å². The number of rotatable bonds is 4. The summed E-state index contributed by atoms with van der Waals surface area (Å²) in [6.07, 6.45) is 4.22. The van der Waals surface area contributed by atoms with Gasteiger partial charge in [0.15, 0.2) is 0 Å². The third-order valence-electron chi connectivity index (χ3n) is 4.39. The number of piperazine rings is 1. The predicted molar refractivity (Wildman–Crippen MR) is 73.4 cm³/mol. The van der Waals surface area contributed by atoms with E-state index in [0.29, 0.717) is 0 Å². The average Bonchev–Trinajstić information content (AvgIpc) is 2.38. The molecule has 2 aliphatic heterocycles. The van der Waals surface area contributed by atoms with Crippen molar-refractivity contribution in [2.24, 2.45) is 5.92 Å². The lowest BCUT2D eigenvalue weighted by Crippen LogP contribution is -2.49. The minimum atomic E-state index is 0.722. The molecule has 3 heteroatoms. The van der Waals surface area contributed by atoms with Crippen molar-refractivity contribution in [2.75, 3.05) is 45.8 Å². The van der Waals surface area contributed by atoms with Crippen LogP contribution in [0.15, 0.2) is 0 Å². The zero-order valence-electron chi connectivity index (χ0n) is 11.6.